The molecule has 0 amide bonds. The van der Waals surface area contributed by atoms with Crippen LogP contribution in [0.25, 0.3) is 0 Å². The summed E-state index contributed by atoms with van der Waals surface area (Å²) in [6.45, 7) is 1.98. The molecule has 2 rings (SSSR count). The summed E-state index contributed by atoms with van der Waals surface area (Å²) in [4.78, 5) is 11.3. The minimum absolute atomic E-state index is 0.0339. The number of nitrogens with two attached hydrogens (primary N) is 1. The van der Waals surface area contributed by atoms with E-state index in [4.69, 9.17) is 17.3 Å². The summed E-state index contributed by atoms with van der Waals surface area (Å²) in [6.07, 6.45) is 0.764. The second-order valence-electron chi connectivity index (χ2n) is 4.97. The fourth-order valence-electron chi connectivity index (χ4n) is 2.21. The number of benzene rings is 2. The molecule has 0 saturated heterocycles. The van der Waals surface area contributed by atoms with Crippen LogP contribution in [-0.2, 0) is 6.42 Å². The molecule has 1 unspecified atom stereocenters. The zero-order valence-corrected chi connectivity index (χ0v) is 12.4. The Morgan fingerprint density at radius 2 is 2.00 bits per heavy atom. The zero-order valence-electron chi connectivity index (χ0n) is 11.6. The lowest BCUT2D eigenvalue weighted by Gasteiger charge is -2.18. The summed E-state index contributed by atoms with van der Waals surface area (Å²) in [5.41, 5.74) is 7.63. The van der Waals surface area contributed by atoms with E-state index in [-0.39, 0.29) is 11.6 Å². The van der Waals surface area contributed by atoms with Gasteiger partial charge in [-0.25, -0.2) is 4.79 Å². The molecule has 0 saturated carbocycles. The molecule has 0 aliphatic carbocycles. The van der Waals surface area contributed by atoms with Crippen molar-refractivity contribution in [3.63, 3.8) is 0 Å². The number of halogens is 1. The van der Waals surface area contributed by atoms with E-state index in [1.165, 1.54) is 11.6 Å². The van der Waals surface area contributed by atoms with Crippen molar-refractivity contribution in [2.45, 2.75) is 19.4 Å². The molecule has 2 aromatic carbocycles. The van der Waals surface area contributed by atoms with E-state index in [1.807, 2.05) is 37.3 Å². The first-order chi connectivity index (χ1) is 9.97. The fourth-order valence-corrected chi connectivity index (χ4v) is 2.49. The second-order valence-corrected chi connectivity index (χ2v) is 5.37. The largest absolute Gasteiger partial charge is 0.478 e. The SMILES string of the molecule is CC(Cc1ccccc1)Nc1c(Cl)cc(N)cc1C(=O)O. The van der Waals surface area contributed by atoms with Gasteiger partial charge in [0.15, 0.2) is 0 Å². The Balaban J connectivity index is 2.21. The Morgan fingerprint density at radius 1 is 1.33 bits per heavy atom. The molecule has 0 radical (unpaired) electrons. The molecule has 0 aliphatic heterocycles. The van der Waals surface area contributed by atoms with Gasteiger partial charge in [0, 0.05) is 11.7 Å². The monoisotopic (exact) mass is 304 g/mol. The highest BCUT2D eigenvalue weighted by Crippen LogP contribution is 2.30. The van der Waals surface area contributed by atoms with E-state index >= 15 is 0 Å². The van der Waals surface area contributed by atoms with Gasteiger partial charge < -0.3 is 16.2 Å². The van der Waals surface area contributed by atoms with Crippen molar-refractivity contribution in [3.05, 3.63) is 58.6 Å². The molecular formula is C16H17ClN2O2. The normalized spacial score (nSPS) is 11.9. The molecule has 0 spiro atoms. The third-order valence-corrected chi connectivity index (χ3v) is 3.42. The van der Waals surface area contributed by atoms with Gasteiger partial charge >= 0.3 is 5.97 Å². The minimum Gasteiger partial charge on any atom is -0.478 e. The summed E-state index contributed by atoms with van der Waals surface area (Å²) in [6, 6.07) is 13.0. The summed E-state index contributed by atoms with van der Waals surface area (Å²) in [5.74, 6) is -1.06. The van der Waals surface area contributed by atoms with E-state index in [2.05, 4.69) is 5.32 Å². The molecule has 2 aromatic rings. The van der Waals surface area contributed by atoms with Gasteiger partial charge in [0.2, 0.25) is 0 Å². The third-order valence-electron chi connectivity index (χ3n) is 3.12. The topological polar surface area (TPSA) is 75.3 Å². The van der Waals surface area contributed by atoms with Crippen molar-refractivity contribution in [3.8, 4) is 0 Å². The lowest BCUT2D eigenvalue weighted by molar-refractivity contribution is 0.0698. The molecule has 4 N–H and O–H groups in total. The first kappa shape index (κ1) is 15.2. The predicted octanol–water partition coefficient (Wildman–Crippen LogP) is 3.66. The van der Waals surface area contributed by atoms with Gasteiger partial charge in [-0.05, 0) is 31.0 Å². The number of aromatic carboxylic acids is 1. The predicted molar refractivity (Wildman–Crippen MR) is 86.1 cm³/mol. The van der Waals surface area contributed by atoms with Crippen LogP contribution in [0.3, 0.4) is 0 Å². The highest BCUT2D eigenvalue weighted by Gasteiger charge is 2.16. The first-order valence-corrected chi connectivity index (χ1v) is 6.98. The molecule has 21 heavy (non-hydrogen) atoms. The average Bonchev–Trinajstić information content (AvgIpc) is 2.42. The summed E-state index contributed by atoms with van der Waals surface area (Å²) < 4.78 is 0. The first-order valence-electron chi connectivity index (χ1n) is 6.60. The standard InChI is InChI=1S/C16H17ClN2O2/c1-10(7-11-5-3-2-4-6-11)19-15-13(16(20)21)8-12(18)9-14(15)17/h2-6,8-10,19H,7,18H2,1H3,(H,20,21). The van der Waals surface area contributed by atoms with Crippen LogP contribution in [0.5, 0.6) is 0 Å². The molecule has 0 heterocycles. The lowest BCUT2D eigenvalue weighted by atomic mass is 10.1. The molecular weight excluding hydrogens is 288 g/mol. The van der Waals surface area contributed by atoms with Crippen molar-refractivity contribution in [1.82, 2.24) is 0 Å². The second kappa shape index (κ2) is 6.50. The van der Waals surface area contributed by atoms with Crippen molar-refractivity contribution in [1.29, 1.82) is 0 Å². The number of carboxylic acids is 1. The smallest absolute Gasteiger partial charge is 0.337 e. The van der Waals surface area contributed by atoms with Crippen LogP contribution in [-0.4, -0.2) is 17.1 Å². The molecule has 110 valence electrons. The number of rotatable bonds is 5. The summed E-state index contributed by atoms with van der Waals surface area (Å²) >= 11 is 6.12. The van der Waals surface area contributed by atoms with Crippen LogP contribution < -0.4 is 11.1 Å². The van der Waals surface area contributed by atoms with E-state index in [1.54, 1.807) is 6.07 Å². The molecule has 0 fully saturated rings. The molecule has 1 atom stereocenters. The Morgan fingerprint density at radius 3 is 2.62 bits per heavy atom. The highest BCUT2D eigenvalue weighted by molar-refractivity contribution is 6.34. The van der Waals surface area contributed by atoms with Gasteiger partial charge in [0.25, 0.3) is 0 Å². The van der Waals surface area contributed by atoms with Crippen LogP contribution >= 0.6 is 11.6 Å². The van der Waals surface area contributed by atoms with Crippen molar-refractivity contribution < 1.29 is 9.90 Å². The summed E-state index contributed by atoms with van der Waals surface area (Å²) in [7, 11) is 0. The van der Waals surface area contributed by atoms with Crippen LogP contribution in [0.1, 0.15) is 22.8 Å². The highest BCUT2D eigenvalue weighted by atomic mass is 35.5. The Kier molecular flexibility index (Phi) is 4.70. The number of nitrogens with one attached hydrogen (secondary N) is 1. The van der Waals surface area contributed by atoms with Crippen LogP contribution in [0, 0.1) is 0 Å². The fraction of sp³-hybridized carbons (Fsp3) is 0.188. The van der Waals surface area contributed by atoms with Crippen LogP contribution in [0.2, 0.25) is 5.02 Å². The zero-order chi connectivity index (χ0) is 15.4. The minimum atomic E-state index is -1.06. The van der Waals surface area contributed by atoms with Crippen LogP contribution in [0.15, 0.2) is 42.5 Å². The Hall–Kier alpha value is -2.20. The van der Waals surface area contributed by atoms with E-state index in [0.717, 1.165) is 6.42 Å². The number of hydrogen-bond acceptors (Lipinski definition) is 3. The number of carboxylic acid groups (broad SMARTS) is 1. The lowest BCUT2D eigenvalue weighted by Crippen LogP contribution is -2.20. The van der Waals surface area contributed by atoms with Gasteiger partial charge in [-0.1, -0.05) is 41.9 Å². The van der Waals surface area contributed by atoms with Gasteiger partial charge in [-0.3, -0.25) is 0 Å². The maximum Gasteiger partial charge on any atom is 0.337 e. The average molecular weight is 305 g/mol. The number of hydrogen-bond donors (Lipinski definition) is 3. The quantitative estimate of drug-likeness (QED) is 0.737. The molecule has 0 aromatic heterocycles. The van der Waals surface area contributed by atoms with Crippen molar-refractivity contribution in [2.75, 3.05) is 11.1 Å². The van der Waals surface area contributed by atoms with Crippen molar-refractivity contribution >= 4 is 28.9 Å². The van der Waals surface area contributed by atoms with E-state index < -0.39 is 5.97 Å². The summed E-state index contributed by atoms with van der Waals surface area (Å²) in [5, 5.41) is 12.7. The molecule has 4 nitrogen and oxygen atoms in total. The Bertz CT molecular complexity index is 644. The Labute approximate surface area is 128 Å². The van der Waals surface area contributed by atoms with Gasteiger partial charge in [0.1, 0.15) is 0 Å². The third kappa shape index (κ3) is 3.89. The van der Waals surface area contributed by atoms with E-state index in [9.17, 15) is 9.90 Å². The maximum atomic E-state index is 11.3. The number of anilines is 2. The molecule has 0 aliphatic rings. The molecule has 5 heteroatoms. The van der Waals surface area contributed by atoms with Gasteiger partial charge in [0.05, 0.1) is 16.3 Å². The number of carbonyl (C=O) groups is 1. The number of nitrogen functional groups attached to an aromatic ring is 1. The molecule has 0 bridgehead atoms. The van der Waals surface area contributed by atoms with E-state index in [0.29, 0.717) is 16.4 Å². The van der Waals surface area contributed by atoms with Crippen LogP contribution in [0.4, 0.5) is 11.4 Å². The van der Waals surface area contributed by atoms with Crippen molar-refractivity contribution in [2.24, 2.45) is 0 Å². The van der Waals surface area contributed by atoms with Gasteiger partial charge in [-0.15, -0.1) is 0 Å². The van der Waals surface area contributed by atoms with Gasteiger partial charge in [-0.2, -0.15) is 0 Å². The maximum absolute atomic E-state index is 11.3.